The molecule has 1 rings (SSSR count). The quantitative estimate of drug-likeness (QED) is 0.841. The van der Waals surface area contributed by atoms with Gasteiger partial charge in [-0.25, -0.2) is 4.98 Å². The average Bonchev–Trinajstić information content (AvgIpc) is 2.12. The number of aromatic nitrogens is 2. The van der Waals surface area contributed by atoms with Crippen LogP contribution in [0.3, 0.4) is 0 Å². The number of nitrogens with two attached hydrogens (primary N) is 1. The summed E-state index contributed by atoms with van der Waals surface area (Å²) in [6.45, 7) is 6.05. The molecule has 0 aromatic carbocycles. The van der Waals surface area contributed by atoms with Crippen LogP contribution >= 0.6 is 15.9 Å². The number of rotatable bonds is 4. The lowest BCUT2D eigenvalue weighted by Crippen LogP contribution is -2.25. The predicted molar refractivity (Wildman–Crippen MR) is 62.3 cm³/mol. The lowest BCUT2D eigenvalue weighted by Gasteiger charge is -2.19. The largest absolute Gasteiger partial charge is 0.383 e. The van der Waals surface area contributed by atoms with Gasteiger partial charge < -0.3 is 10.6 Å². The van der Waals surface area contributed by atoms with Gasteiger partial charge in [0, 0.05) is 19.2 Å². The van der Waals surface area contributed by atoms with Gasteiger partial charge in [0.1, 0.15) is 10.4 Å². The molecule has 2 N–H and O–H groups in total. The summed E-state index contributed by atoms with van der Waals surface area (Å²) in [7, 11) is 0. The molecule has 0 amide bonds. The van der Waals surface area contributed by atoms with Crippen LogP contribution in [0.15, 0.2) is 10.7 Å². The molecule has 0 unspecified atom stereocenters. The van der Waals surface area contributed by atoms with Crippen molar-refractivity contribution in [3.05, 3.63) is 10.7 Å². The van der Waals surface area contributed by atoms with Crippen molar-refractivity contribution in [3.8, 4) is 0 Å². The highest BCUT2D eigenvalue weighted by molar-refractivity contribution is 9.10. The van der Waals surface area contributed by atoms with Crippen molar-refractivity contribution in [1.29, 1.82) is 0 Å². The van der Waals surface area contributed by atoms with Gasteiger partial charge in [0.25, 0.3) is 0 Å². The Balaban J connectivity index is 2.91. The Morgan fingerprint density at radius 1 is 1.43 bits per heavy atom. The first-order chi connectivity index (χ1) is 6.67. The molecule has 0 aliphatic rings. The Kier molecular flexibility index (Phi) is 4.13. The Hall–Kier alpha value is -0.840. The molecule has 0 aliphatic heterocycles. The van der Waals surface area contributed by atoms with Crippen LogP contribution in [0.25, 0.3) is 0 Å². The maximum Gasteiger partial charge on any atom is 0.228 e. The van der Waals surface area contributed by atoms with Gasteiger partial charge in [-0.15, -0.1) is 0 Å². The number of halogens is 1. The van der Waals surface area contributed by atoms with Crippen LogP contribution < -0.4 is 10.6 Å². The van der Waals surface area contributed by atoms with E-state index in [1.807, 2.05) is 0 Å². The first-order valence-electron chi connectivity index (χ1n) is 4.72. The predicted octanol–water partition coefficient (Wildman–Crippen LogP) is 2.06. The third-order valence-electron chi connectivity index (χ3n) is 1.86. The van der Waals surface area contributed by atoms with Crippen molar-refractivity contribution in [1.82, 2.24) is 9.97 Å². The Morgan fingerprint density at radius 3 is 2.64 bits per heavy atom. The number of nitrogen functional groups attached to an aromatic ring is 1. The summed E-state index contributed by atoms with van der Waals surface area (Å²) in [5.74, 6) is 1.19. The topological polar surface area (TPSA) is 55.0 Å². The van der Waals surface area contributed by atoms with E-state index in [2.05, 4.69) is 44.6 Å². The highest BCUT2D eigenvalue weighted by Gasteiger charge is 2.07. The maximum atomic E-state index is 5.64. The summed E-state index contributed by atoms with van der Waals surface area (Å²) in [6, 6.07) is 1.70. The fourth-order valence-corrected chi connectivity index (χ4v) is 1.63. The monoisotopic (exact) mass is 258 g/mol. The molecular weight excluding hydrogens is 244 g/mol. The zero-order valence-corrected chi connectivity index (χ0v) is 10.1. The van der Waals surface area contributed by atoms with Crippen molar-refractivity contribution < 1.29 is 0 Å². The van der Waals surface area contributed by atoms with Crippen LogP contribution in [-0.4, -0.2) is 23.1 Å². The van der Waals surface area contributed by atoms with Crippen LogP contribution in [0.4, 0.5) is 11.8 Å². The Labute approximate surface area is 92.7 Å². The second-order valence-corrected chi connectivity index (χ2v) is 3.81. The van der Waals surface area contributed by atoms with E-state index in [1.165, 1.54) is 0 Å². The number of nitrogens with zero attached hydrogens (tertiary/aromatic N) is 3. The molecule has 0 radical (unpaired) electrons. The first kappa shape index (κ1) is 11.2. The molecule has 0 saturated carbocycles. The summed E-state index contributed by atoms with van der Waals surface area (Å²) in [4.78, 5) is 10.6. The van der Waals surface area contributed by atoms with E-state index in [1.54, 1.807) is 6.07 Å². The minimum absolute atomic E-state index is 0.497. The number of hydrogen-bond donors (Lipinski definition) is 1. The van der Waals surface area contributed by atoms with E-state index in [0.29, 0.717) is 11.8 Å². The molecule has 0 bridgehead atoms. The molecule has 0 spiro atoms. The summed E-state index contributed by atoms with van der Waals surface area (Å²) in [5, 5.41) is 0. The molecule has 14 heavy (non-hydrogen) atoms. The van der Waals surface area contributed by atoms with Crippen LogP contribution in [0.5, 0.6) is 0 Å². The molecular formula is C9H15BrN4. The van der Waals surface area contributed by atoms with Gasteiger partial charge in [0.15, 0.2) is 0 Å². The van der Waals surface area contributed by atoms with Crippen LogP contribution in [0, 0.1) is 0 Å². The molecule has 1 heterocycles. The van der Waals surface area contributed by atoms with Gasteiger partial charge in [0.2, 0.25) is 5.95 Å². The van der Waals surface area contributed by atoms with Gasteiger partial charge in [0.05, 0.1) is 0 Å². The third kappa shape index (κ3) is 2.83. The van der Waals surface area contributed by atoms with E-state index in [0.717, 1.165) is 24.1 Å². The Bertz CT molecular complexity index is 283. The molecule has 1 aromatic rings. The fourth-order valence-electron chi connectivity index (χ4n) is 1.23. The van der Waals surface area contributed by atoms with Crippen LogP contribution in [-0.2, 0) is 0 Å². The number of hydrogen-bond acceptors (Lipinski definition) is 4. The highest BCUT2D eigenvalue weighted by Crippen LogP contribution is 2.15. The van der Waals surface area contributed by atoms with E-state index in [4.69, 9.17) is 5.73 Å². The Morgan fingerprint density at radius 2 is 2.14 bits per heavy atom. The van der Waals surface area contributed by atoms with E-state index >= 15 is 0 Å². The molecule has 0 fully saturated rings. The minimum Gasteiger partial charge on any atom is -0.383 e. The summed E-state index contributed by atoms with van der Waals surface area (Å²) < 4.78 is 0.731. The molecule has 4 nitrogen and oxygen atoms in total. The van der Waals surface area contributed by atoms with Crippen molar-refractivity contribution in [3.63, 3.8) is 0 Å². The van der Waals surface area contributed by atoms with Gasteiger partial charge in [-0.2, -0.15) is 4.98 Å². The summed E-state index contributed by atoms with van der Waals surface area (Å²) in [5.41, 5.74) is 5.64. The number of anilines is 2. The SMILES string of the molecule is CCCN(CC)c1nc(N)cc(Br)n1. The van der Waals surface area contributed by atoms with Gasteiger partial charge in [-0.3, -0.25) is 0 Å². The van der Waals surface area contributed by atoms with Crippen molar-refractivity contribution in [2.45, 2.75) is 20.3 Å². The van der Waals surface area contributed by atoms with Crippen molar-refractivity contribution in [2.24, 2.45) is 0 Å². The maximum absolute atomic E-state index is 5.64. The van der Waals surface area contributed by atoms with Gasteiger partial charge in [-0.1, -0.05) is 6.92 Å². The van der Waals surface area contributed by atoms with Crippen molar-refractivity contribution >= 4 is 27.7 Å². The van der Waals surface area contributed by atoms with E-state index in [9.17, 15) is 0 Å². The minimum atomic E-state index is 0.497. The third-order valence-corrected chi connectivity index (χ3v) is 2.27. The first-order valence-corrected chi connectivity index (χ1v) is 5.51. The lowest BCUT2D eigenvalue weighted by molar-refractivity contribution is 0.761. The zero-order chi connectivity index (χ0) is 10.6. The zero-order valence-electron chi connectivity index (χ0n) is 8.50. The van der Waals surface area contributed by atoms with Crippen molar-refractivity contribution in [2.75, 3.05) is 23.7 Å². The summed E-state index contributed by atoms with van der Waals surface area (Å²) >= 11 is 3.30. The lowest BCUT2D eigenvalue weighted by atomic mass is 10.4. The fraction of sp³-hybridized carbons (Fsp3) is 0.556. The highest BCUT2D eigenvalue weighted by atomic mass is 79.9. The normalized spacial score (nSPS) is 10.2. The second-order valence-electron chi connectivity index (χ2n) is 3.00. The van der Waals surface area contributed by atoms with Gasteiger partial charge in [-0.05, 0) is 29.3 Å². The molecule has 0 aliphatic carbocycles. The standard InChI is InChI=1S/C9H15BrN4/c1-3-5-14(4-2)9-12-7(10)6-8(11)13-9/h6H,3-5H2,1-2H3,(H2,11,12,13). The molecule has 5 heteroatoms. The summed E-state index contributed by atoms with van der Waals surface area (Å²) in [6.07, 6.45) is 1.07. The second kappa shape index (κ2) is 5.14. The molecule has 1 aromatic heterocycles. The smallest absolute Gasteiger partial charge is 0.228 e. The van der Waals surface area contributed by atoms with Gasteiger partial charge >= 0.3 is 0 Å². The average molecular weight is 259 g/mol. The molecule has 0 atom stereocenters. The molecule has 0 saturated heterocycles. The van der Waals surface area contributed by atoms with Crippen LogP contribution in [0.1, 0.15) is 20.3 Å². The molecule has 78 valence electrons. The van der Waals surface area contributed by atoms with E-state index < -0.39 is 0 Å². The van der Waals surface area contributed by atoms with E-state index in [-0.39, 0.29) is 0 Å². The van der Waals surface area contributed by atoms with Crippen LogP contribution in [0.2, 0.25) is 0 Å².